The molecule has 5 N–H and O–H groups in total. The smallest absolute Gasteiger partial charge is 0.314 e. The number of ether oxygens (including phenoxy) is 2. The molecule has 0 bridgehead atoms. The van der Waals surface area contributed by atoms with Crippen LogP contribution in [-0.2, 0) is 14.3 Å². The van der Waals surface area contributed by atoms with Gasteiger partial charge in [0.2, 0.25) is 6.29 Å². The highest BCUT2D eigenvalue weighted by Crippen LogP contribution is 2.68. The van der Waals surface area contributed by atoms with Crippen molar-refractivity contribution in [3.05, 3.63) is 12.2 Å². The van der Waals surface area contributed by atoms with Gasteiger partial charge in [0.05, 0.1) is 18.1 Å². The van der Waals surface area contributed by atoms with Crippen LogP contribution in [0.15, 0.2) is 12.2 Å². The van der Waals surface area contributed by atoms with E-state index >= 15 is 0 Å². The monoisotopic (exact) mass is 468 g/mol. The second-order valence-electron chi connectivity index (χ2n) is 11.8. The van der Waals surface area contributed by atoms with Crippen molar-refractivity contribution in [2.45, 2.75) is 103 Å². The predicted octanol–water partition coefficient (Wildman–Crippen LogP) is 1.27. The van der Waals surface area contributed by atoms with Crippen molar-refractivity contribution < 1.29 is 39.8 Å². The molecule has 0 aromatic carbocycles. The van der Waals surface area contributed by atoms with Crippen LogP contribution < -0.4 is 0 Å². The first-order chi connectivity index (χ1) is 15.4. The van der Waals surface area contributed by atoms with Crippen LogP contribution in [0.4, 0.5) is 0 Å². The third-order valence-electron chi connectivity index (χ3n) is 9.72. The van der Waals surface area contributed by atoms with Crippen LogP contribution in [0.3, 0.4) is 0 Å². The van der Waals surface area contributed by atoms with Gasteiger partial charge in [0, 0.05) is 0 Å². The highest BCUT2D eigenvalue weighted by molar-refractivity contribution is 5.77. The van der Waals surface area contributed by atoms with E-state index in [2.05, 4.69) is 20.4 Å². The van der Waals surface area contributed by atoms with Gasteiger partial charge in [-0.05, 0) is 73.7 Å². The molecule has 4 rings (SSSR count). The number of aliphatic hydroxyl groups is 5. The minimum absolute atomic E-state index is 0.0350. The zero-order chi connectivity index (χ0) is 24.3. The summed E-state index contributed by atoms with van der Waals surface area (Å²) in [4.78, 5) is 13.6. The van der Waals surface area contributed by atoms with Gasteiger partial charge in [-0.2, -0.15) is 0 Å². The van der Waals surface area contributed by atoms with Gasteiger partial charge in [-0.1, -0.05) is 26.8 Å². The maximum absolute atomic E-state index is 13.6. The number of aliphatic hydroxyl groups excluding tert-OH is 5. The lowest BCUT2D eigenvalue weighted by Crippen LogP contribution is -2.62. The Morgan fingerprint density at radius 3 is 2.42 bits per heavy atom. The number of carbonyl (C=O) groups is 1. The maximum Gasteiger partial charge on any atom is 0.314 e. The Labute approximate surface area is 195 Å². The molecule has 1 aliphatic heterocycles. The largest absolute Gasteiger partial charge is 0.432 e. The Bertz CT molecular complexity index is 784. The molecule has 11 atom stereocenters. The fourth-order valence-electron chi connectivity index (χ4n) is 7.86. The molecule has 4 fully saturated rings. The van der Waals surface area contributed by atoms with Gasteiger partial charge >= 0.3 is 5.97 Å². The van der Waals surface area contributed by atoms with E-state index in [0.29, 0.717) is 12.8 Å². The highest BCUT2D eigenvalue weighted by atomic mass is 16.7. The number of hydrogen-bond donors (Lipinski definition) is 5. The molecule has 3 aliphatic carbocycles. The third kappa shape index (κ3) is 3.87. The molecular weight excluding hydrogens is 428 g/mol. The molecule has 1 heterocycles. The third-order valence-corrected chi connectivity index (χ3v) is 9.72. The number of fused-ring (bicyclic) bond motifs is 3. The second-order valence-corrected chi connectivity index (χ2v) is 11.8. The lowest BCUT2D eigenvalue weighted by atomic mass is 9.40. The summed E-state index contributed by atoms with van der Waals surface area (Å²) in [5.74, 6) is -0.205. The molecular formula is C25H40O8. The lowest BCUT2D eigenvalue weighted by Gasteiger charge is -2.64. The zero-order valence-electron chi connectivity index (χ0n) is 19.9. The summed E-state index contributed by atoms with van der Waals surface area (Å²) in [6.45, 7) is 9.97. The summed E-state index contributed by atoms with van der Waals surface area (Å²) >= 11 is 0. The van der Waals surface area contributed by atoms with Crippen LogP contribution >= 0.6 is 0 Å². The summed E-state index contributed by atoms with van der Waals surface area (Å²) in [6.07, 6.45) is -2.12. The number of hydrogen-bond acceptors (Lipinski definition) is 8. The van der Waals surface area contributed by atoms with Gasteiger partial charge in [0.1, 0.15) is 24.4 Å². The Kier molecular flexibility index (Phi) is 6.51. The Hall–Kier alpha value is -1.03. The van der Waals surface area contributed by atoms with Crippen molar-refractivity contribution in [2.75, 3.05) is 6.61 Å². The normalized spacial score (nSPS) is 52.5. The number of rotatable bonds is 3. The maximum atomic E-state index is 13.6. The zero-order valence-corrected chi connectivity index (χ0v) is 19.9. The SMILES string of the molecule is C=C1C[C@@]2(C)CCC3[C@](C)(C(=O)OC4OC(CO)C(O)C(O)C4O)CCC[C@@]3(C)[C@@H]2CC1O. The van der Waals surface area contributed by atoms with Crippen LogP contribution in [0.25, 0.3) is 0 Å². The van der Waals surface area contributed by atoms with E-state index in [4.69, 9.17) is 9.47 Å². The van der Waals surface area contributed by atoms with Crippen LogP contribution in [0, 0.1) is 28.1 Å². The van der Waals surface area contributed by atoms with Crippen LogP contribution in [0.1, 0.15) is 65.7 Å². The predicted molar refractivity (Wildman–Crippen MR) is 119 cm³/mol. The molecule has 0 radical (unpaired) electrons. The average molecular weight is 469 g/mol. The van der Waals surface area contributed by atoms with Gasteiger partial charge in [-0.25, -0.2) is 0 Å². The number of carbonyl (C=O) groups excluding carboxylic acids is 1. The van der Waals surface area contributed by atoms with Gasteiger partial charge < -0.3 is 35.0 Å². The first kappa shape index (κ1) is 25.1. The Morgan fingerprint density at radius 1 is 1.06 bits per heavy atom. The second kappa shape index (κ2) is 8.57. The van der Waals surface area contributed by atoms with E-state index in [1.165, 1.54) is 0 Å². The summed E-state index contributed by atoms with van der Waals surface area (Å²) < 4.78 is 11.1. The molecule has 33 heavy (non-hydrogen) atoms. The number of esters is 1. The minimum Gasteiger partial charge on any atom is -0.432 e. The van der Waals surface area contributed by atoms with E-state index in [1.54, 1.807) is 0 Å². The van der Waals surface area contributed by atoms with Gasteiger partial charge in [0.25, 0.3) is 0 Å². The molecule has 188 valence electrons. The first-order valence-corrected chi connectivity index (χ1v) is 12.2. The minimum atomic E-state index is -1.61. The molecule has 7 unspecified atom stereocenters. The van der Waals surface area contributed by atoms with Crippen molar-refractivity contribution in [3.63, 3.8) is 0 Å². The van der Waals surface area contributed by atoms with Gasteiger partial charge in [-0.3, -0.25) is 4.79 Å². The van der Waals surface area contributed by atoms with E-state index in [1.807, 2.05) is 6.92 Å². The Balaban J connectivity index is 1.57. The fourth-order valence-corrected chi connectivity index (χ4v) is 7.86. The van der Waals surface area contributed by atoms with Gasteiger partial charge in [-0.15, -0.1) is 0 Å². The summed E-state index contributed by atoms with van der Waals surface area (Å²) in [7, 11) is 0. The van der Waals surface area contributed by atoms with Gasteiger partial charge in [0.15, 0.2) is 0 Å². The van der Waals surface area contributed by atoms with Crippen molar-refractivity contribution >= 4 is 5.97 Å². The highest BCUT2D eigenvalue weighted by Gasteiger charge is 2.63. The average Bonchev–Trinajstić information content (AvgIpc) is 2.75. The van der Waals surface area contributed by atoms with Crippen molar-refractivity contribution in [2.24, 2.45) is 28.1 Å². The molecule has 8 nitrogen and oxygen atoms in total. The molecule has 0 amide bonds. The van der Waals surface area contributed by atoms with Crippen LogP contribution in [0.2, 0.25) is 0 Å². The molecule has 8 heteroatoms. The first-order valence-electron chi connectivity index (χ1n) is 12.2. The fraction of sp³-hybridized carbons (Fsp3) is 0.880. The van der Waals surface area contributed by atoms with E-state index in [-0.39, 0.29) is 22.7 Å². The van der Waals surface area contributed by atoms with E-state index < -0.39 is 54.8 Å². The van der Waals surface area contributed by atoms with Crippen LogP contribution in [0.5, 0.6) is 0 Å². The van der Waals surface area contributed by atoms with Crippen molar-refractivity contribution in [3.8, 4) is 0 Å². The standard InChI is InChI=1S/C25H40O8/c1-13-11-23(2)9-6-16-24(3,17(23)10-14(13)27)7-5-8-25(16,4)22(31)33-21-20(30)19(29)18(28)15(12-26)32-21/h14-21,26-30H,1,5-12H2,2-4H3/t14?,15?,16?,17-,18?,19?,20?,21?,23-,24-,25-/m1/s1. The molecule has 1 saturated heterocycles. The van der Waals surface area contributed by atoms with Crippen molar-refractivity contribution in [1.29, 1.82) is 0 Å². The summed E-state index contributed by atoms with van der Waals surface area (Å²) in [5, 5.41) is 50.5. The van der Waals surface area contributed by atoms with Crippen molar-refractivity contribution in [1.82, 2.24) is 0 Å². The molecule has 0 aromatic heterocycles. The molecule has 4 aliphatic rings. The van der Waals surface area contributed by atoms with Crippen LogP contribution in [-0.4, -0.2) is 74.9 Å². The van der Waals surface area contributed by atoms with E-state index in [0.717, 1.165) is 37.7 Å². The molecule has 0 spiro atoms. The lowest BCUT2D eigenvalue weighted by molar-refractivity contribution is -0.298. The quantitative estimate of drug-likeness (QED) is 0.309. The topological polar surface area (TPSA) is 137 Å². The summed E-state index contributed by atoms with van der Waals surface area (Å²) in [6, 6.07) is 0. The molecule has 0 aromatic rings. The van der Waals surface area contributed by atoms with E-state index in [9.17, 15) is 30.3 Å². The summed E-state index contributed by atoms with van der Waals surface area (Å²) in [5.41, 5.74) is -0.0275. The molecule has 3 saturated carbocycles. The Morgan fingerprint density at radius 2 is 1.76 bits per heavy atom.